The summed E-state index contributed by atoms with van der Waals surface area (Å²) < 4.78 is 2.00. The summed E-state index contributed by atoms with van der Waals surface area (Å²) in [5, 5.41) is 11.4. The van der Waals surface area contributed by atoms with Crippen molar-refractivity contribution in [2.75, 3.05) is 6.54 Å². The molecule has 1 N–H and O–H groups in total. The summed E-state index contributed by atoms with van der Waals surface area (Å²) >= 11 is 0. The molecule has 0 spiro atoms. The molecule has 1 aliphatic rings. The smallest absolute Gasteiger partial charge is 0.290 e. The van der Waals surface area contributed by atoms with Crippen molar-refractivity contribution in [3.05, 3.63) is 47.4 Å². The standard InChI is InChI=1S/C20H24N2O3/c1-4-6-11-22-18(17(16(23)5-2)19(24)20(22)25)14-12-21(3)15-10-8-7-9-13(14)15/h7-10,12,18,24H,4-6,11H2,1-3H3. The average Bonchev–Trinajstić information content (AvgIpc) is 3.08. The third-order valence-corrected chi connectivity index (χ3v) is 4.90. The number of ketones is 1. The first-order valence-corrected chi connectivity index (χ1v) is 8.82. The topological polar surface area (TPSA) is 62.5 Å². The minimum Gasteiger partial charge on any atom is -0.503 e. The maximum absolute atomic E-state index is 12.6. The van der Waals surface area contributed by atoms with Crippen molar-refractivity contribution >= 4 is 22.6 Å². The minimum atomic E-state index is -0.516. The second kappa shape index (κ2) is 6.75. The van der Waals surface area contributed by atoms with Gasteiger partial charge >= 0.3 is 0 Å². The summed E-state index contributed by atoms with van der Waals surface area (Å²) in [6.45, 7) is 4.33. The number of amides is 1. The van der Waals surface area contributed by atoms with E-state index in [1.807, 2.05) is 42.1 Å². The van der Waals surface area contributed by atoms with Crippen LogP contribution in [0.3, 0.4) is 0 Å². The molecule has 0 bridgehead atoms. The van der Waals surface area contributed by atoms with Crippen LogP contribution in [0.2, 0.25) is 0 Å². The Kier molecular flexibility index (Phi) is 4.66. The molecular formula is C20H24N2O3. The van der Waals surface area contributed by atoms with Crippen LogP contribution >= 0.6 is 0 Å². The Morgan fingerprint density at radius 2 is 1.96 bits per heavy atom. The number of carbonyl (C=O) groups is 2. The van der Waals surface area contributed by atoms with E-state index >= 15 is 0 Å². The van der Waals surface area contributed by atoms with Gasteiger partial charge in [-0.15, -0.1) is 0 Å². The number of aromatic nitrogens is 1. The summed E-state index contributed by atoms with van der Waals surface area (Å²) in [5.41, 5.74) is 2.17. The van der Waals surface area contributed by atoms with E-state index in [-0.39, 0.29) is 23.5 Å². The molecule has 0 saturated heterocycles. The van der Waals surface area contributed by atoms with Gasteiger partial charge in [0.2, 0.25) is 0 Å². The van der Waals surface area contributed by atoms with Gasteiger partial charge in [0.15, 0.2) is 11.5 Å². The maximum Gasteiger partial charge on any atom is 0.290 e. The first kappa shape index (κ1) is 17.3. The number of hydrogen-bond acceptors (Lipinski definition) is 3. The van der Waals surface area contributed by atoms with E-state index in [4.69, 9.17) is 0 Å². The average molecular weight is 340 g/mol. The highest BCUT2D eigenvalue weighted by atomic mass is 16.3. The van der Waals surface area contributed by atoms with Crippen LogP contribution < -0.4 is 0 Å². The zero-order valence-electron chi connectivity index (χ0n) is 15.0. The van der Waals surface area contributed by atoms with Crippen LogP contribution in [-0.4, -0.2) is 32.8 Å². The fraction of sp³-hybridized carbons (Fsp3) is 0.400. The van der Waals surface area contributed by atoms with E-state index in [1.165, 1.54) is 0 Å². The van der Waals surface area contributed by atoms with Crippen molar-refractivity contribution < 1.29 is 14.7 Å². The summed E-state index contributed by atoms with van der Waals surface area (Å²) in [4.78, 5) is 26.8. The molecule has 132 valence electrons. The van der Waals surface area contributed by atoms with Crippen molar-refractivity contribution in [1.82, 2.24) is 9.47 Å². The van der Waals surface area contributed by atoms with Crippen molar-refractivity contribution in [2.24, 2.45) is 7.05 Å². The van der Waals surface area contributed by atoms with Crippen LogP contribution in [0.5, 0.6) is 0 Å². The Balaban J connectivity index is 2.19. The SMILES string of the molecule is CCCCN1C(=O)C(O)=C(C(=O)CC)C1c1cn(C)c2ccccc12. The van der Waals surface area contributed by atoms with E-state index in [0.29, 0.717) is 6.54 Å². The van der Waals surface area contributed by atoms with Crippen LogP contribution in [0.25, 0.3) is 10.9 Å². The predicted octanol–water partition coefficient (Wildman–Crippen LogP) is 3.65. The third kappa shape index (κ3) is 2.73. The minimum absolute atomic E-state index is 0.178. The van der Waals surface area contributed by atoms with Crippen molar-refractivity contribution in [2.45, 2.75) is 39.2 Å². The number of aliphatic hydroxyl groups excluding tert-OH is 1. The lowest BCUT2D eigenvalue weighted by molar-refractivity contribution is -0.129. The van der Waals surface area contributed by atoms with E-state index in [1.54, 1.807) is 11.8 Å². The Morgan fingerprint density at radius 1 is 1.24 bits per heavy atom. The van der Waals surface area contributed by atoms with Crippen molar-refractivity contribution in [1.29, 1.82) is 0 Å². The van der Waals surface area contributed by atoms with Crippen LogP contribution in [0.15, 0.2) is 41.8 Å². The normalized spacial score (nSPS) is 17.8. The second-order valence-electron chi connectivity index (χ2n) is 6.51. The highest BCUT2D eigenvalue weighted by Crippen LogP contribution is 2.41. The Bertz CT molecular complexity index is 863. The highest BCUT2D eigenvalue weighted by Gasteiger charge is 2.43. The molecule has 25 heavy (non-hydrogen) atoms. The number of unbranched alkanes of at least 4 members (excludes halogenated alkanes) is 1. The molecule has 0 fully saturated rings. The molecule has 2 heterocycles. The first-order chi connectivity index (χ1) is 12.0. The zero-order chi connectivity index (χ0) is 18.1. The maximum atomic E-state index is 12.6. The number of rotatable bonds is 6. The van der Waals surface area contributed by atoms with Crippen LogP contribution in [-0.2, 0) is 16.6 Å². The van der Waals surface area contributed by atoms with Crippen molar-refractivity contribution in [3.8, 4) is 0 Å². The van der Waals surface area contributed by atoms with Gasteiger partial charge in [0, 0.05) is 42.7 Å². The highest BCUT2D eigenvalue weighted by molar-refractivity contribution is 6.09. The molecular weight excluding hydrogens is 316 g/mol. The molecule has 1 aromatic heterocycles. The molecule has 1 atom stereocenters. The lowest BCUT2D eigenvalue weighted by atomic mass is 9.94. The Morgan fingerprint density at radius 3 is 2.64 bits per heavy atom. The van der Waals surface area contributed by atoms with Gasteiger partial charge in [-0.2, -0.15) is 0 Å². The number of nitrogens with zero attached hydrogens (tertiary/aromatic N) is 2. The number of aryl methyl sites for hydroxylation is 1. The quantitative estimate of drug-likeness (QED) is 0.873. The predicted molar refractivity (Wildman–Crippen MR) is 97.2 cm³/mol. The monoisotopic (exact) mass is 340 g/mol. The number of Topliss-reactive ketones (excluding diaryl/α,β-unsaturated/α-hetero) is 1. The summed E-state index contributed by atoms with van der Waals surface area (Å²) in [7, 11) is 1.95. The molecule has 0 saturated carbocycles. The van der Waals surface area contributed by atoms with E-state index in [2.05, 4.69) is 6.92 Å². The number of carbonyl (C=O) groups excluding carboxylic acids is 2. The molecule has 2 aromatic rings. The number of para-hydroxylation sites is 1. The van der Waals surface area contributed by atoms with Gasteiger partial charge < -0.3 is 14.6 Å². The molecule has 1 aliphatic heterocycles. The summed E-state index contributed by atoms with van der Waals surface area (Å²) in [5.74, 6) is -1.01. The van der Waals surface area contributed by atoms with Crippen LogP contribution in [0.4, 0.5) is 0 Å². The van der Waals surface area contributed by atoms with Gasteiger partial charge in [0.1, 0.15) is 0 Å². The van der Waals surface area contributed by atoms with Gasteiger partial charge in [0.25, 0.3) is 5.91 Å². The second-order valence-corrected chi connectivity index (χ2v) is 6.51. The lowest BCUT2D eigenvalue weighted by Crippen LogP contribution is -2.32. The number of hydrogen-bond donors (Lipinski definition) is 1. The largest absolute Gasteiger partial charge is 0.503 e. The first-order valence-electron chi connectivity index (χ1n) is 8.82. The van der Waals surface area contributed by atoms with Gasteiger partial charge in [-0.05, 0) is 12.5 Å². The van der Waals surface area contributed by atoms with Gasteiger partial charge in [-0.25, -0.2) is 0 Å². The summed E-state index contributed by atoms with van der Waals surface area (Å²) in [6, 6.07) is 7.40. The molecule has 1 unspecified atom stereocenters. The lowest BCUT2D eigenvalue weighted by Gasteiger charge is -2.26. The van der Waals surface area contributed by atoms with Gasteiger partial charge in [0.05, 0.1) is 11.6 Å². The number of benzene rings is 1. The Labute approximate surface area is 147 Å². The fourth-order valence-electron chi connectivity index (χ4n) is 3.60. The van der Waals surface area contributed by atoms with Crippen LogP contribution in [0, 0.1) is 0 Å². The number of fused-ring (bicyclic) bond motifs is 1. The Hall–Kier alpha value is -2.56. The number of aliphatic hydroxyl groups is 1. The molecule has 5 nitrogen and oxygen atoms in total. The van der Waals surface area contributed by atoms with Gasteiger partial charge in [-0.1, -0.05) is 38.5 Å². The molecule has 3 rings (SSSR count). The summed E-state index contributed by atoms with van der Waals surface area (Å²) in [6.07, 6.45) is 3.98. The zero-order valence-corrected chi connectivity index (χ0v) is 15.0. The van der Waals surface area contributed by atoms with E-state index < -0.39 is 11.9 Å². The molecule has 0 aliphatic carbocycles. The third-order valence-electron chi connectivity index (χ3n) is 4.90. The molecule has 0 radical (unpaired) electrons. The van der Waals surface area contributed by atoms with E-state index in [9.17, 15) is 14.7 Å². The fourth-order valence-corrected chi connectivity index (χ4v) is 3.60. The van der Waals surface area contributed by atoms with Crippen molar-refractivity contribution in [3.63, 3.8) is 0 Å². The molecule has 1 aromatic carbocycles. The molecule has 1 amide bonds. The van der Waals surface area contributed by atoms with Crippen LogP contribution in [0.1, 0.15) is 44.7 Å². The van der Waals surface area contributed by atoms with Gasteiger partial charge in [-0.3, -0.25) is 9.59 Å². The molecule has 5 heteroatoms. The van der Waals surface area contributed by atoms with E-state index in [0.717, 1.165) is 29.3 Å².